The Bertz CT molecular complexity index is 447. The zero-order chi connectivity index (χ0) is 12.1. The van der Waals surface area contributed by atoms with E-state index in [4.69, 9.17) is 16.9 Å². The van der Waals surface area contributed by atoms with E-state index in [2.05, 4.69) is 10.3 Å². The van der Waals surface area contributed by atoms with Gasteiger partial charge >= 0.3 is 0 Å². The van der Waals surface area contributed by atoms with E-state index in [0.717, 1.165) is 23.9 Å². The number of nitriles is 1. The van der Waals surface area contributed by atoms with Crippen LogP contribution in [0.15, 0.2) is 17.1 Å². The maximum Gasteiger partial charge on any atom is 0.183 e. The van der Waals surface area contributed by atoms with E-state index in [0.29, 0.717) is 0 Å². The number of amidine groups is 1. The highest BCUT2D eigenvalue weighted by molar-refractivity contribution is 8.13. The summed E-state index contributed by atoms with van der Waals surface area (Å²) in [6, 6.07) is 1.90. The van der Waals surface area contributed by atoms with Crippen LogP contribution >= 0.6 is 23.4 Å². The first-order valence-electron chi connectivity index (χ1n) is 4.00. The molecule has 84 valence electrons. The van der Waals surface area contributed by atoms with E-state index >= 15 is 0 Å². The zero-order valence-corrected chi connectivity index (χ0v) is 9.66. The van der Waals surface area contributed by atoms with Crippen LogP contribution < -0.4 is 5.32 Å². The van der Waals surface area contributed by atoms with Gasteiger partial charge in [-0.15, -0.1) is 0 Å². The van der Waals surface area contributed by atoms with Crippen LogP contribution in [0.4, 0.5) is 14.5 Å². The molecule has 1 aromatic rings. The molecule has 1 rings (SSSR count). The van der Waals surface area contributed by atoms with Gasteiger partial charge in [-0.05, 0) is 18.4 Å². The summed E-state index contributed by atoms with van der Waals surface area (Å²) in [7, 11) is 0. The van der Waals surface area contributed by atoms with Crippen molar-refractivity contribution in [1.82, 2.24) is 5.32 Å². The molecule has 0 fully saturated rings. The van der Waals surface area contributed by atoms with Crippen molar-refractivity contribution < 1.29 is 8.78 Å². The van der Waals surface area contributed by atoms with Gasteiger partial charge in [-0.25, -0.2) is 13.8 Å². The Morgan fingerprint density at radius 2 is 2.06 bits per heavy atom. The predicted octanol–water partition coefficient (Wildman–Crippen LogP) is 3.04. The van der Waals surface area contributed by atoms with Gasteiger partial charge in [0.25, 0.3) is 0 Å². The summed E-state index contributed by atoms with van der Waals surface area (Å²) >= 11 is 6.51. The van der Waals surface area contributed by atoms with Crippen LogP contribution in [0.1, 0.15) is 0 Å². The third kappa shape index (κ3) is 3.08. The van der Waals surface area contributed by atoms with Crippen molar-refractivity contribution >= 4 is 34.2 Å². The second-order valence-electron chi connectivity index (χ2n) is 2.58. The molecule has 1 N–H and O–H groups in total. The number of hydrogen-bond acceptors (Lipinski definition) is 3. The summed E-state index contributed by atoms with van der Waals surface area (Å²) in [5.74, 6) is -1.76. The molecule has 1 aromatic carbocycles. The maximum atomic E-state index is 13.3. The summed E-state index contributed by atoms with van der Waals surface area (Å²) in [5.41, 5.74) is -0.475. The van der Waals surface area contributed by atoms with Crippen molar-refractivity contribution in [3.05, 3.63) is 28.8 Å². The van der Waals surface area contributed by atoms with E-state index in [1.165, 1.54) is 0 Å². The lowest BCUT2D eigenvalue weighted by atomic mass is 10.3. The molecule has 0 amide bonds. The first-order valence-corrected chi connectivity index (χ1v) is 5.61. The number of rotatable bonds is 1. The molecule has 0 aliphatic heterocycles. The van der Waals surface area contributed by atoms with Crippen molar-refractivity contribution in [2.75, 3.05) is 6.26 Å². The molecule has 0 saturated carbocycles. The van der Waals surface area contributed by atoms with Crippen LogP contribution in [0.25, 0.3) is 0 Å². The molecular formula is C9H6ClF2N3S. The van der Waals surface area contributed by atoms with Gasteiger partial charge in [0, 0.05) is 5.02 Å². The topological polar surface area (TPSA) is 48.2 Å². The number of hydrogen-bond donors (Lipinski definition) is 1. The van der Waals surface area contributed by atoms with Gasteiger partial charge in [-0.3, -0.25) is 5.32 Å². The van der Waals surface area contributed by atoms with E-state index in [9.17, 15) is 8.78 Å². The molecule has 0 radical (unpaired) electrons. The summed E-state index contributed by atoms with van der Waals surface area (Å²) in [6.07, 6.45) is 3.24. The van der Waals surface area contributed by atoms with Crippen LogP contribution in [-0.4, -0.2) is 11.4 Å². The van der Waals surface area contributed by atoms with E-state index in [1.807, 2.05) is 0 Å². The first kappa shape index (κ1) is 12.7. The zero-order valence-electron chi connectivity index (χ0n) is 8.09. The molecule has 0 unspecified atom stereocenters. The molecule has 0 aromatic heterocycles. The fourth-order valence-corrected chi connectivity index (χ4v) is 1.44. The largest absolute Gasteiger partial charge is 0.271 e. The van der Waals surface area contributed by atoms with Gasteiger partial charge in [0.15, 0.2) is 23.0 Å². The first-order chi connectivity index (χ1) is 7.58. The number of benzene rings is 1. The molecule has 0 aliphatic rings. The Labute approximate surface area is 100 Å². The highest BCUT2D eigenvalue weighted by Gasteiger charge is 2.10. The van der Waals surface area contributed by atoms with Crippen LogP contribution in [0.2, 0.25) is 5.02 Å². The Morgan fingerprint density at radius 3 is 2.50 bits per heavy atom. The Kier molecular flexibility index (Phi) is 4.52. The van der Waals surface area contributed by atoms with Crippen molar-refractivity contribution in [1.29, 1.82) is 5.26 Å². The highest BCUT2D eigenvalue weighted by Crippen LogP contribution is 2.26. The molecular weight excluding hydrogens is 256 g/mol. The van der Waals surface area contributed by atoms with E-state index < -0.39 is 17.3 Å². The van der Waals surface area contributed by atoms with Gasteiger partial charge in [0.2, 0.25) is 0 Å². The molecule has 0 bridgehead atoms. The van der Waals surface area contributed by atoms with Gasteiger partial charge in [-0.1, -0.05) is 23.4 Å². The highest BCUT2D eigenvalue weighted by atomic mass is 35.5. The van der Waals surface area contributed by atoms with Crippen molar-refractivity contribution in [3.8, 4) is 6.19 Å². The van der Waals surface area contributed by atoms with Crippen molar-refractivity contribution in [2.24, 2.45) is 4.99 Å². The third-order valence-corrected chi connectivity index (χ3v) is 2.35. The summed E-state index contributed by atoms with van der Waals surface area (Å²) in [5, 5.41) is 10.6. The minimum absolute atomic E-state index is 0.0482. The average Bonchev–Trinajstić information content (AvgIpc) is 2.21. The standard InChI is InChI=1S/C9H6ClF2N3S/c1-16-9(14-4-13)15-8-6(11)2-5(10)3-7(8)12/h2-3H,1H3,(H,14,15). The smallest absolute Gasteiger partial charge is 0.183 e. The fourth-order valence-electron chi connectivity index (χ4n) is 0.915. The third-order valence-electron chi connectivity index (χ3n) is 1.55. The Morgan fingerprint density at radius 1 is 1.50 bits per heavy atom. The quantitative estimate of drug-likeness (QED) is 0.366. The van der Waals surface area contributed by atoms with Gasteiger partial charge < -0.3 is 0 Å². The van der Waals surface area contributed by atoms with Gasteiger partial charge in [0.05, 0.1) is 0 Å². The molecule has 0 heterocycles. The molecule has 0 atom stereocenters. The minimum Gasteiger partial charge on any atom is -0.271 e. The normalized spacial score (nSPS) is 11.1. The summed E-state index contributed by atoms with van der Waals surface area (Å²) in [6.45, 7) is 0. The van der Waals surface area contributed by atoms with Crippen LogP contribution in [0, 0.1) is 23.1 Å². The fraction of sp³-hybridized carbons (Fsp3) is 0.111. The van der Waals surface area contributed by atoms with Crippen molar-refractivity contribution in [3.63, 3.8) is 0 Å². The number of nitrogens with zero attached hydrogens (tertiary/aromatic N) is 2. The maximum absolute atomic E-state index is 13.3. The molecule has 3 nitrogen and oxygen atoms in total. The lowest BCUT2D eigenvalue weighted by molar-refractivity contribution is 0.587. The van der Waals surface area contributed by atoms with Gasteiger partial charge in [0.1, 0.15) is 5.69 Å². The van der Waals surface area contributed by atoms with Crippen molar-refractivity contribution in [2.45, 2.75) is 0 Å². The summed E-state index contributed by atoms with van der Waals surface area (Å²) < 4.78 is 26.6. The monoisotopic (exact) mass is 261 g/mol. The number of aliphatic imine (C=N–C) groups is 1. The number of nitrogens with one attached hydrogen (secondary N) is 1. The van der Waals surface area contributed by atoms with Crippen LogP contribution in [0.3, 0.4) is 0 Å². The number of thioether (sulfide) groups is 1. The number of halogens is 3. The second kappa shape index (κ2) is 5.68. The predicted molar refractivity (Wildman–Crippen MR) is 60.7 cm³/mol. The lowest BCUT2D eigenvalue weighted by Crippen LogP contribution is -2.12. The van der Waals surface area contributed by atoms with E-state index in [-0.39, 0.29) is 10.2 Å². The Balaban J connectivity index is 3.19. The van der Waals surface area contributed by atoms with E-state index in [1.54, 1.807) is 12.4 Å². The lowest BCUT2D eigenvalue weighted by Gasteiger charge is -2.02. The molecule has 0 saturated heterocycles. The van der Waals surface area contributed by atoms with Gasteiger partial charge in [-0.2, -0.15) is 5.26 Å². The molecule has 0 aliphatic carbocycles. The Hall–Kier alpha value is -1.32. The minimum atomic E-state index is -0.878. The molecule has 16 heavy (non-hydrogen) atoms. The molecule has 0 spiro atoms. The average molecular weight is 262 g/mol. The summed E-state index contributed by atoms with van der Waals surface area (Å²) in [4.78, 5) is 3.64. The SMILES string of the molecule is CSC(=Nc1c(F)cc(Cl)cc1F)NC#N. The van der Waals surface area contributed by atoms with Crippen LogP contribution in [0.5, 0.6) is 0 Å². The second-order valence-corrected chi connectivity index (χ2v) is 3.81. The van der Waals surface area contributed by atoms with Crippen LogP contribution in [-0.2, 0) is 0 Å². The molecule has 7 heteroatoms.